The second kappa shape index (κ2) is 12.3. The quantitative estimate of drug-likeness (QED) is 0.432. The number of carboxylic acid groups (broad SMARTS) is 1. The predicted octanol–water partition coefficient (Wildman–Crippen LogP) is 5.06. The van der Waals surface area contributed by atoms with Gasteiger partial charge >= 0.3 is 5.97 Å². The van der Waals surface area contributed by atoms with Crippen LogP contribution in [0.1, 0.15) is 79.5 Å². The van der Waals surface area contributed by atoms with Crippen LogP contribution in [0.3, 0.4) is 0 Å². The Morgan fingerprint density at radius 3 is 2.97 bits per heavy atom. The van der Waals surface area contributed by atoms with Crippen LogP contribution in [0.25, 0.3) is 0 Å². The minimum atomic E-state index is -0.920. The second-order valence-corrected chi connectivity index (χ2v) is 10.4. The number of carbonyl (C=O) groups is 1. The molecule has 7 nitrogen and oxygen atoms in total. The molecule has 3 atom stereocenters. The maximum absolute atomic E-state index is 14.1. The first-order chi connectivity index (χ1) is 18.1. The molecule has 3 aliphatic heterocycles. The number of aromatic nitrogens is 1. The first kappa shape index (κ1) is 26.1. The number of hydrogen-bond donors (Lipinski definition) is 2. The van der Waals surface area contributed by atoms with Gasteiger partial charge in [0.25, 0.3) is 0 Å². The molecule has 0 bridgehead atoms. The zero-order valence-electron chi connectivity index (χ0n) is 21.5. The number of rotatable bonds is 10. The molecule has 2 fully saturated rings. The van der Waals surface area contributed by atoms with Gasteiger partial charge in [-0.3, -0.25) is 9.69 Å². The number of nitrogens with one attached hydrogen (secondary N) is 1. The van der Waals surface area contributed by atoms with E-state index in [0.29, 0.717) is 37.4 Å². The zero-order chi connectivity index (χ0) is 25.6. The molecule has 0 aliphatic carbocycles. The summed E-state index contributed by atoms with van der Waals surface area (Å²) >= 11 is 0. The molecule has 5 rings (SSSR count). The Morgan fingerprint density at radius 1 is 1.22 bits per heavy atom. The molecule has 2 N–H and O–H groups in total. The van der Waals surface area contributed by atoms with Crippen molar-refractivity contribution >= 4 is 11.8 Å². The molecule has 0 radical (unpaired) electrons. The minimum absolute atomic E-state index is 0.00254. The number of hydrogen-bond acceptors (Lipinski definition) is 6. The van der Waals surface area contributed by atoms with Gasteiger partial charge in [-0.2, -0.15) is 0 Å². The van der Waals surface area contributed by atoms with Gasteiger partial charge in [-0.05, 0) is 92.7 Å². The zero-order valence-corrected chi connectivity index (χ0v) is 21.5. The summed E-state index contributed by atoms with van der Waals surface area (Å²) in [5, 5.41) is 13.6. The summed E-state index contributed by atoms with van der Waals surface area (Å²) in [6.45, 7) is 3.46. The fraction of sp³-hybridized carbons (Fsp3) is 0.586. The summed E-state index contributed by atoms with van der Waals surface area (Å²) in [4.78, 5) is 19.1. The van der Waals surface area contributed by atoms with Crippen molar-refractivity contribution in [2.45, 2.75) is 76.0 Å². The van der Waals surface area contributed by atoms with Crippen LogP contribution in [-0.2, 0) is 27.1 Å². The Balaban J connectivity index is 1.13. The van der Waals surface area contributed by atoms with Gasteiger partial charge in [0.1, 0.15) is 17.7 Å². The number of fused-ring (bicyclic) bond motifs is 1. The topological polar surface area (TPSA) is 83.9 Å². The molecule has 0 amide bonds. The Labute approximate surface area is 218 Å². The van der Waals surface area contributed by atoms with Crippen LogP contribution in [0.5, 0.6) is 0 Å². The van der Waals surface area contributed by atoms with Crippen molar-refractivity contribution in [3.05, 3.63) is 58.5 Å². The number of anilines is 1. The molecule has 3 aliphatic rings. The molecule has 1 unspecified atom stereocenters. The molecule has 8 heteroatoms. The average Bonchev–Trinajstić information content (AvgIpc) is 3.38. The van der Waals surface area contributed by atoms with Crippen molar-refractivity contribution in [2.24, 2.45) is 0 Å². The van der Waals surface area contributed by atoms with Gasteiger partial charge in [-0.1, -0.05) is 12.1 Å². The summed E-state index contributed by atoms with van der Waals surface area (Å²) in [6.07, 6.45) is 8.43. The highest BCUT2D eigenvalue weighted by Crippen LogP contribution is 2.36. The predicted molar refractivity (Wildman–Crippen MR) is 139 cm³/mol. The Morgan fingerprint density at radius 2 is 2.14 bits per heavy atom. The third-order valence-corrected chi connectivity index (χ3v) is 7.78. The van der Waals surface area contributed by atoms with E-state index in [1.165, 1.54) is 17.7 Å². The molecule has 4 heterocycles. The number of pyridine rings is 1. The maximum Gasteiger partial charge on any atom is 0.325 e. The van der Waals surface area contributed by atoms with Crippen LogP contribution in [-0.4, -0.2) is 59.9 Å². The summed E-state index contributed by atoms with van der Waals surface area (Å²) < 4.78 is 26.2. The number of aliphatic carboxylic acids is 1. The van der Waals surface area contributed by atoms with Crippen LogP contribution in [0.2, 0.25) is 0 Å². The molecule has 200 valence electrons. The van der Waals surface area contributed by atoms with E-state index in [2.05, 4.69) is 17.4 Å². The van der Waals surface area contributed by atoms with Crippen LogP contribution < -0.4 is 5.32 Å². The van der Waals surface area contributed by atoms with Crippen LogP contribution in [0.4, 0.5) is 10.2 Å². The molecule has 0 spiro atoms. The number of nitrogens with zero attached hydrogens (tertiary/aromatic N) is 2. The number of aryl methyl sites for hydroxylation is 2. The summed E-state index contributed by atoms with van der Waals surface area (Å²) in [7, 11) is 0. The number of halogens is 1. The lowest BCUT2D eigenvalue weighted by Gasteiger charge is -2.30. The van der Waals surface area contributed by atoms with Crippen molar-refractivity contribution in [3.8, 4) is 0 Å². The van der Waals surface area contributed by atoms with E-state index in [0.717, 1.165) is 75.8 Å². The molecule has 0 saturated carbocycles. The first-order valence-electron chi connectivity index (χ1n) is 13.8. The number of ether oxygens (including phenoxy) is 2. The monoisotopic (exact) mass is 511 g/mol. The highest BCUT2D eigenvalue weighted by Gasteiger charge is 2.36. The number of carboxylic acids is 1. The maximum atomic E-state index is 14.1. The van der Waals surface area contributed by atoms with Crippen molar-refractivity contribution in [1.29, 1.82) is 0 Å². The van der Waals surface area contributed by atoms with E-state index in [9.17, 15) is 14.3 Å². The standard InChI is InChI=1S/C29H38FN3O4/c30-21-10-12-24(25(18-21)26-8-2-4-17-37-26)27(29(34)35)33-15-13-23(19-33)36-16-3-1-7-22-11-9-20-6-5-14-31-28(20)32-22/h9-12,18,23,26-27H,1-8,13-17,19H2,(H,31,32)(H,34,35)/t23-,26+,27?/m1/s1. The highest BCUT2D eigenvalue weighted by atomic mass is 19.1. The largest absolute Gasteiger partial charge is 0.480 e. The molecule has 1 aromatic heterocycles. The lowest BCUT2D eigenvalue weighted by molar-refractivity contribution is -0.143. The van der Waals surface area contributed by atoms with Crippen LogP contribution in [0, 0.1) is 5.82 Å². The van der Waals surface area contributed by atoms with Crippen molar-refractivity contribution in [3.63, 3.8) is 0 Å². The molecule has 2 aromatic rings. The molecular formula is C29H38FN3O4. The van der Waals surface area contributed by atoms with E-state index in [1.54, 1.807) is 6.07 Å². The normalized spacial score (nSPS) is 22.8. The Hall–Kier alpha value is -2.55. The Bertz CT molecular complexity index is 1080. The fourth-order valence-electron chi connectivity index (χ4n) is 5.84. The number of likely N-dealkylation sites (tertiary alicyclic amines) is 1. The van der Waals surface area contributed by atoms with Crippen molar-refractivity contribution in [2.75, 3.05) is 38.2 Å². The van der Waals surface area contributed by atoms with Crippen LogP contribution >= 0.6 is 0 Å². The average molecular weight is 512 g/mol. The Kier molecular flexibility index (Phi) is 8.69. The van der Waals surface area contributed by atoms with Crippen molar-refractivity contribution < 1.29 is 23.8 Å². The summed E-state index contributed by atoms with van der Waals surface area (Å²) in [5.74, 6) is -0.240. The van der Waals surface area contributed by atoms with Gasteiger partial charge in [0.2, 0.25) is 0 Å². The van der Waals surface area contributed by atoms with E-state index in [1.807, 2.05) is 4.90 Å². The van der Waals surface area contributed by atoms with E-state index in [4.69, 9.17) is 14.5 Å². The summed E-state index contributed by atoms with van der Waals surface area (Å²) in [6, 6.07) is 7.93. The van der Waals surface area contributed by atoms with E-state index < -0.39 is 12.0 Å². The fourth-order valence-corrected chi connectivity index (χ4v) is 5.84. The first-order valence-corrected chi connectivity index (χ1v) is 13.8. The second-order valence-electron chi connectivity index (χ2n) is 10.4. The van der Waals surface area contributed by atoms with Gasteiger partial charge in [0, 0.05) is 38.5 Å². The van der Waals surface area contributed by atoms with Gasteiger partial charge in [0.05, 0.1) is 12.2 Å². The third kappa shape index (κ3) is 6.48. The minimum Gasteiger partial charge on any atom is -0.480 e. The van der Waals surface area contributed by atoms with Crippen molar-refractivity contribution in [1.82, 2.24) is 9.88 Å². The SMILES string of the molecule is O=C(O)C(c1ccc(F)cc1[C@@H]1CCCCO1)N1CC[C@@H](OCCCCc2ccc3c(n2)NCCC3)C1. The number of benzene rings is 1. The van der Waals surface area contributed by atoms with Gasteiger partial charge < -0.3 is 19.9 Å². The van der Waals surface area contributed by atoms with Gasteiger partial charge in [0.15, 0.2) is 0 Å². The van der Waals surface area contributed by atoms with Gasteiger partial charge in [-0.25, -0.2) is 9.37 Å². The number of unbranched alkanes of at least 4 members (excludes halogenated alkanes) is 1. The summed E-state index contributed by atoms with van der Waals surface area (Å²) in [5.41, 5.74) is 3.72. The lowest BCUT2D eigenvalue weighted by Crippen LogP contribution is -2.34. The van der Waals surface area contributed by atoms with Crippen LogP contribution in [0.15, 0.2) is 30.3 Å². The highest BCUT2D eigenvalue weighted by molar-refractivity contribution is 5.76. The smallest absolute Gasteiger partial charge is 0.325 e. The molecule has 2 saturated heterocycles. The van der Waals surface area contributed by atoms with Gasteiger partial charge in [-0.15, -0.1) is 0 Å². The lowest BCUT2D eigenvalue weighted by atomic mass is 9.92. The molecule has 1 aromatic carbocycles. The third-order valence-electron chi connectivity index (χ3n) is 7.78. The molecule has 37 heavy (non-hydrogen) atoms. The van der Waals surface area contributed by atoms with E-state index >= 15 is 0 Å². The van der Waals surface area contributed by atoms with E-state index in [-0.39, 0.29) is 18.0 Å². The molecular weight excluding hydrogens is 473 g/mol.